The minimum absolute atomic E-state index is 0.0543. The Bertz CT molecular complexity index is 769. The number of amides is 2. The molecule has 0 spiro atoms. The van der Waals surface area contributed by atoms with Crippen LogP contribution in [0.15, 0.2) is 17.1 Å². The molecule has 156 valence electrons. The molecule has 0 fully saturated rings. The van der Waals surface area contributed by atoms with Gasteiger partial charge >= 0.3 is 6.09 Å². The van der Waals surface area contributed by atoms with Crippen molar-refractivity contribution >= 4 is 12.0 Å². The van der Waals surface area contributed by atoms with Crippen LogP contribution in [-0.4, -0.2) is 65.5 Å². The summed E-state index contributed by atoms with van der Waals surface area (Å²) in [6.07, 6.45) is 2.78. The lowest BCUT2D eigenvalue weighted by Gasteiger charge is -2.33. The Hall–Kier alpha value is -2.71. The second-order valence-electron chi connectivity index (χ2n) is 7.72. The molecule has 9 heteroatoms. The Balaban J connectivity index is 2.08. The SMILES string of the molecule is CCCCOc1c2n(ccc1=O)NCN(CCN(C)C(=O)OC(C)(C)C)C2=O. The molecule has 1 aromatic heterocycles. The highest BCUT2D eigenvalue weighted by molar-refractivity contribution is 5.96. The molecule has 2 amide bonds. The number of unbranched alkanes of at least 4 members (excludes halogenated alkanes) is 1. The third-order valence-electron chi connectivity index (χ3n) is 4.13. The Morgan fingerprint density at radius 1 is 1.32 bits per heavy atom. The number of nitrogens with zero attached hydrogens (tertiary/aromatic N) is 3. The molecular weight excluding hydrogens is 364 g/mol. The van der Waals surface area contributed by atoms with Crippen LogP contribution in [-0.2, 0) is 4.74 Å². The zero-order valence-corrected chi connectivity index (χ0v) is 17.3. The molecule has 1 aliphatic heterocycles. The first-order valence-electron chi connectivity index (χ1n) is 9.49. The van der Waals surface area contributed by atoms with E-state index >= 15 is 0 Å². The van der Waals surface area contributed by atoms with Crippen LogP contribution >= 0.6 is 0 Å². The first-order valence-corrected chi connectivity index (χ1v) is 9.49. The normalized spacial score (nSPS) is 13.6. The van der Waals surface area contributed by atoms with Crippen molar-refractivity contribution in [3.05, 3.63) is 28.2 Å². The van der Waals surface area contributed by atoms with Crippen molar-refractivity contribution < 1.29 is 19.1 Å². The fourth-order valence-electron chi connectivity index (χ4n) is 2.57. The molecule has 0 saturated carbocycles. The van der Waals surface area contributed by atoms with Gasteiger partial charge in [-0.05, 0) is 27.2 Å². The number of carbonyl (C=O) groups is 2. The maximum atomic E-state index is 12.9. The van der Waals surface area contributed by atoms with Crippen molar-refractivity contribution in [1.82, 2.24) is 14.5 Å². The minimum Gasteiger partial charge on any atom is -0.487 e. The number of likely N-dealkylation sites (N-methyl/N-ethyl adjacent to an activating group) is 1. The molecule has 2 heterocycles. The summed E-state index contributed by atoms with van der Waals surface area (Å²) in [6, 6.07) is 1.37. The first-order chi connectivity index (χ1) is 13.1. The number of fused-ring (bicyclic) bond motifs is 1. The van der Waals surface area contributed by atoms with E-state index in [2.05, 4.69) is 5.43 Å². The minimum atomic E-state index is -0.585. The van der Waals surface area contributed by atoms with Gasteiger partial charge in [-0.25, -0.2) is 4.79 Å². The van der Waals surface area contributed by atoms with E-state index in [-0.39, 0.29) is 29.4 Å². The lowest BCUT2D eigenvalue weighted by Crippen LogP contribution is -2.49. The van der Waals surface area contributed by atoms with E-state index in [0.717, 1.165) is 12.8 Å². The maximum Gasteiger partial charge on any atom is 0.410 e. The van der Waals surface area contributed by atoms with Gasteiger partial charge in [0.15, 0.2) is 11.4 Å². The van der Waals surface area contributed by atoms with Crippen LogP contribution in [0.3, 0.4) is 0 Å². The van der Waals surface area contributed by atoms with Gasteiger partial charge in [0.25, 0.3) is 5.91 Å². The Morgan fingerprint density at radius 3 is 2.68 bits per heavy atom. The van der Waals surface area contributed by atoms with Crippen molar-refractivity contribution in [2.24, 2.45) is 0 Å². The van der Waals surface area contributed by atoms with Crippen LogP contribution in [0.4, 0.5) is 4.79 Å². The van der Waals surface area contributed by atoms with E-state index in [1.54, 1.807) is 27.8 Å². The quantitative estimate of drug-likeness (QED) is 0.710. The third kappa shape index (κ3) is 5.40. The van der Waals surface area contributed by atoms with Crippen LogP contribution in [0, 0.1) is 0 Å². The van der Waals surface area contributed by atoms with Crippen LogP contribution < -0.4 is 15.6 Å². The number of ether oxygens (including phenoxy) is 2. The van der Waals surface area contributed by atoms with Crippen LogP contribution in [0.5, 0.6) is 5.75 Å². The zero-order chi connectivity index (χ0) is 20.9. The van der Waals surface area contributed by atoms with E-state index in [1.807, 2.05) is 6.92 Å². The van der Waals surface area contributed by atoms with Gasteiger partial charge in [0, 0.05) is 32.4 Å². The topological polar surface area (TPSA) is 93.1 Å². The lowest BCUT2D eigenvalue weighted by atomic mass is 10.2. The average Bonchev–Trinajstić information content (AvgIpc) is 2.61. The van der Waals surface area contributed by atoms with E-state index < -0.39 is 11.7 Å². The molecule has 0 aromatic carbocycles. The molecule has 28 heavy (non-hydrogen) atoms. The molecule has 1 aromatic rings. The molecule has 0 radical (unpaired) electrons. The van der Waals surface area contributed by atoms with Crippen molar-refractivity contribution in [3.63, 3.8) is 0 Å². The van der Waals surface area contributed by atoms with Gasteiger partial charge in [-0.3, -0.25) is 14.3 Å². The van der Waals surface area contributed by atoms with Crippen molar-refractivity contribution in [2.45, 2.75) is 46.1 Å². The molecule has 9 nitrogen and oxygen atoms in total. The van der Waals surface area contributed by atoms with Gasteiger partial charge in [-0.2, -0.15) is 0 Å². The van der Waals surface area contributed by atoms with Gasteiger partial charge in [0.2, 0.25) is 5.43 Å². The summed E-state index contributed by atoms with van der Waals surface area (Å²) in [5.74, 6) is -0.265. The third-order valence-corrected chi connectivity index (χ3v) is 4.13. The summed E-state index contributed by atoms with van der Waals surface area (Å²) >= 11 is 0. The molecular formula is C19H30N4O5. The zero-order valence-electron chi connectivity index (χ0n) is 17.3. The monoisotopic (exact) mass is 394 g/mol. The summed E-state index contributed by atoms with van der Waals surface area (Å²) in [4.78, 5) is 40.2. The molecule has 0 saturated heterocycles. The number of rotatable bonds is 7. The highest BCUT2D eigenvalue weighted by atomic mass is 16.6. The summed E-state index contributed by atoms with van der Waals surface area (Å²) < 4.78 is 12.4. The van der Waals surface area contributed by atoms with Gasteiger partial charge in [-0.1, -0.05) is 13.3 Å². The first kappa shape index (κ1) is 21.6. The number of nitrogens with one attached hydrogen (secondary N) is 1. The number of aromatic nitrogens is 1. The largest absolute Gasteiger partial charge is 0.487 e. The van der Waals surface area contributed by atoms with Crippen molar-refractivity contribution in [2.75, 3.05) is 38.8 Å². The van der Waals surface area contributed by atoms with E-state index in [9.17, 15) is 14.4 Å². The summed E-state index contributed by atoms with van der Waals surface area (Å²) in [6.45, 7) is 8.63. The number of hydrogen-bond acceptors (Lipinski definition) is 6. The molecule has 2 rings (SSSR count). The van der Waals surface area contributed by atoms with E-state index in [1.165, 1.54) is 26.7 Å². The molecule has 1 N–H and O–H groups in total. The van der Waals surface area contributed by atoms with Gasteiger partial charge < -0.3 is 24.7 Å². The average molecular weight is 394 g/mol. The lowest BCUT2D eigenvalue weighted by molar-refractivity contribution is 0.0276. The van der Waals surface area contributed by atoms with Crippen molar-refractivity contribution in [3.8, 4) is 5.75 Å². The Kier molecular flexibility index (Phi) is 6.93. The second kappa shape index (κ2) is 8.99. The fraction of sp³-hybridized carbons (Fsp3) is 0.632. The van der Waals surface area contributed by atoms with Gasteiger partial charge in [0.05, 0.1) is 6.61 Å². The van der Waals surface area contributed by atoms with E-state index in [0.29, 0.717) is 19.7 Å². The fourth-order valence-corrected chi connectivity index (χ4v) is 2.57. The van der Waals surface area contributed by atoms with Crippen LogP contribution in [0.2, 0.25) is 0 Å². The number of hydrogen-bond donors (Lipinski definition) is 1. The molecule has 1 aliphatic rings. The Morgan fingerprint density at radius 2 is 2.04 bits per heavy atom. The Labute approximate surface area is 165 Å². The highest BCUT2D eigenvalue weighted by Gasteiger charge is 2.29. The number of pyridine rings is 1. The molecule has 0 bridgehead atoms. The summed E-state index contributed by atoms with van der Waals surface area (Å²) in [5.41, 5.74) is 2.32. The second-order valence-corrected chi connectivity index (χ2v) is 7.72. The smallest absolute Gasteiger partial charge is 0.410 e. The predicted octanol–water partition coefficient (Wildman–Crippen LogP) is 1.85. The van der Waals surface area contributed by atoms with Crippen molar-refractivity contribution in [1.29, 1.82) is 0 Å². The van der Waals surface area contributed by atoms with E-state index in [4.69, 9.17) is 9.47 Å². The number of carbonyl (C=O) groups excluding carboxylic acids is 2. The van der Waals surface area contributed by atoms with Gasteiger partial charge in [-0.15, -0.1) is 0 Å². The standard InChI is InChI=1S/C19H30N4O5/c1-6-7-12-27-16-14(24)8-9-23-15(16)17(25)22(13-20-23)11-10-21(5)18(26)28-19(2,3)4/h8-9,20H,6-7,10-13H2,1-5H3. The summed E-state index contributed by atoms with van der Waals surface area (Å²) in [5, 5.41) is 0. The van der Waals surface area contributed by atoms with Crippen LogP contribution in [0.25, 0.3) is 0 Å². The van der Waals surface area contributed by atoms with Gasteiger partial charge in [0.1, 0.15) is 12.3 Å². The van der Waals surface area contributed by atoms with Crippen LogP contribution in [0.1, 0.15) is 51.0 Å². The molecule has 0 atom stereocenters. The molecule has 0 unspecified atom stereocenters. The summed E-state index contributed by atoms with van der Waals surface area (Å²) in [7, 11) is 1.62. The highest BCUT2D eigenvalue weighted by Crippen LogP contribution is 2.18. The maximum absolute atomic E-state index is 12.9. The molecule has 0 aliphatic carbocycles. The predicted molar refractivity (Wildman–Crippen MR) is 105 cm³/mol.